The first-order valence-corrected chi connectivity index (χ1v) is 8.87. The van der Waals surface area contributed by atoms with Gasteiger partial charge in [-0.05, 0) is 31.4 Å². The fourth-order valence-electron chi connectivity index (χ4n) is 3.78. The molecule has 0 aromatic heterocycles. The van der Waals surface area contributed by atoms with Crippen molar-refractivity contribution in [1.82, 2.24) is 4.90 Å². The van der Waals surface area contributed by atoms with E-state index in [2.05, 4.69) is 0 Å². The molecule has 0 bridgehead atoms. The summed E-state index contributed by atoms with van der Waals surface area (Å²) in [4.78, 5) is 25.8. The molecule has 1 aliphatic heterocycles. The van der Waals surface area contributed by atoms with Gasteiger partial charge in [-0.1, -0.05) is 24.6 Å². The largest absolute Gasteiger partial charge is 0.490 e. The molecule has 1 aromatic rings. The topological polar surface area (TPSA) is 66.8 Å². The smallest absolute Gasteiger partial charge is 0.306 e. The summed E-state index contributed by atoms with van der Waals surface area (Å²) in [5.74, 6) is -0.224. The van der Waals surface area contributed by atoms with Crippen molar-refractivity contribution >= 4 is 11.9 Å². The molecule has 2 aliphatic rings. The molecule has 2 atom stereocenters. The first-order chi connectivity index (χ1) is 11.6. The van der Waals surface area contributed by atoms with Crippen LogP contribution in [0.4, 0.5) is 0 Å². The molecule has 1 amide bonds. The standard InChI is InChI=1S/C19H25NO4/c21-18(14-5-4-6-15(13-14)19(22)23)20-11-9-17(10-12-20)24-16-7-2-1-3-8-16/h1-3,7-8,14-15,17H,4-6,9-13H2,(H,22,23). The van der Waals surface area contributed by atoms with Gasteiger partial charge in [0.2, 0.25) is 5.91 Å². The maximum Gasteiger partial charge on any atom is 0.306 e. The molecule has 1 saturated carbocycles. The first-order valence-electron chi connectivity index (χ1n) is 8.87. The second kappa shape index (κ2) is 7.69. The Morgan fingerprint density at radius 2 is 1.67 bits per heavy atom. The van der Waals surface area contributed by atoms with Crippen LogP contribution in [0.3, 0.4) is 0 Å². The zero-order valence-electron chi connectivity index (χ0n) is 13.9. The normalized spacial score (nSPS) is 25.2. The van der Waals surface area contributed by atoms with Gasteiger partial charge in [0, 0.05) is 31.8 Å². The lowest BCUT2D eigenvalue weighted by Gasteiger charge is -2.36. The summed E-state index contributed by atoms with van der Waals surface area (Å²) in [6, 6.07) is 9.77. The number of benzene rings is 1. The van der Waals surface area contributed by atoms with Crippen molar-refractivity contribution in [3.8, 4) is 5.75 Å². The quantitative estimate of drug-likeness (QED) is 0.921. The molecule has 1 aromatic carbocycles. The number of hydrogen-bond donors (Lipinski definition) is 1. The van der Waals surface area contributed by atoms with Gasteiger partial charge in [-0.2, -0.15) is 0 Å². The molecule has 5 heteroatoms. The average Bonchev–Trinajstić information content (AvgIpc) is 2.63. The fourth-order valence-corrected chi connectivity index (χ4v) is 3.78. The lowest BCUT2D eigenvalue weighted by atomic mass is 9.80. The highest BCUT2D eigenvalue weighted by Crippen LogP contribution is 2.31. The summed E-state index contributed by atoms with van der Waals surface area (Å²) in [7, 11) is 0. The van der Waals surface area contributed by atoms with Gasteiger partial charge in [-0.15, -0.1) is 0 Å². The molecule has 1 saturated heterocycles. The van der Waals surface area contributed by atoms with Gasteiger partial charge < -0.3 is 14.7 Å². The predicted molar refractivity (Wildman–Crippen MR) is 89.8 cm³/mol. The first kappa shape index (κ1) is 16.8. The van der Waals surface area contributed by atoms with Crippen LogP contribution in [0.1, 0.15) is 38.5 Å². The highest BCUT2D eigenvalue weighted by atomic mass is 16.5. The number of carboxylic acids is 1. The average molecular weight is 331 g/mol. The SMILES string of the molecule is O=C(O)C1CCCC(C(=O)N2CCC(Oc3ccccc3)CC2)C1. The third kappa shape index (κ3) is 4.08. The summed E-state index contributed by atoms with van der Waals surface area (Å²) in [6.45, 7) is 1.40. The van der Waals surface area contributed by atoms with Crippen LogP contribution in [0.5, 0.6) is 5.75 Å². The number of amides is 1. The number of rotatable bonds is 4. The summed E-state index contributed by atoms with van der Waals surface area (Å²) < 4.78 is 5.96. The van der Waals surface area contributed by atoms with Crippen LogP contribution in [-0.4, -0.2) is 41.1 Å². The molecule has 3 rings (SSSR count). The zero-order chi connectivity index (χ0) is 16.9. The Bertz CT molecular complexity index is 566. The highest BCUT2D eigenvalue weighted by Gasteiger charge is 2.34. The molecule has 2 fully saturated rings. The predicted octanol–water partition coefficient (Wildman–Crippen LogP) is 2.95. The van der Waals surface area contributed by atoms with E-state index >= 15 is 0 Å². The number of nitrogens with zero attached hydrogens (tertiary/aromatic N) is 1. The van der Waals surface area contributed by atoms with Gasteiger partial charge in [0.1, 0.15) is 11.9 Å². The van der Waals surface area contributed by atoms with Crippen LogP contribution in [0, 0.1) is 11.8 Å². The molecule has 24 heavy (non-hydrogen) atoms. The minimum atomic E-state index is -0.762. The van der Waals surface area contributed by atoms with E-state index in [0.29, 0.717) is 25.9 Å². The number of carbonyl (C=O) groups excluding carboxylic acids is 1. The molecule has 5 nitrogen and oxygen atoms in total. The summed E-state index contributed by atoms with van der Waals surface area (Å²) >= 11 is 0. The lowest BCUT2D eigenvalue weighted by Crippen LogP contribution is -2.45. The van der Waals surface area contributed by atoms with Crippen LogP contribution in [0.2, 0.25) is 0 Å². The Hall–Kier alpha value is -2.04. The summed E-state index contributed by atoms with van der Waals surface area (Å²) in [5, 5.41) is 9.18. The monoisotopic (exact) mass is 331 g/mol. The summed E-state index contributed by atoms with van der Waals surface area (Å²) in [5.41, 5.74) is 0. The van der Waals surface area contributed by atoms with Gasteiger partial charge in [0.05, 0.1) is 5.92 Å². The molecule has 0 radical (unpaired) electrons. The van der Waals surface area contributed by atoms with Gasteiger partial charge in [0.15, 0.2) is 0 Å². The number of carbonyl (C=O) groups is 2. The van der Waals surface area contributed by atoms with E-state index < -0.39 is 5.97 Å². The Kier molecular flexibility index (Phi) is 5.38. The molecule has 130 valence electrons. The van der Waals surface area contributed by atoms with E-state index in [4.69, 9.17) is 4.74 Å². The van der Waals surface area contributed by atoms with Gasteiger partial charge in [0.25, 0.3) is 0 Å². The number of para-hydroxylation sites is 1. The minimum absolute atomic E-state index is 0.119. The molecular formula is C19H25NO4. The van der Waals surface area contributed by atoms with Gasteiger partial charge in [-0.3, -0.25) is 9.59 Å². The minimum Gasteiger partial charge on any atom is -0.490 e. The van der Waals surface area contributed by atoms with Crippen molar-refractivity contribution in [1.29, 1.82) is 0 Å². The maximum atomic E-state index is 12.7. The number of piperidine rings is 1. The number of aliphatic carboxylic acids is 1. The molecule has 1 N–H and O–H groups in total. The Labute approximate surface area is 142 Å². The van der Waals surface area contributed by atoms with Crippen molar-refractivity contribution in [2.45, 2.75) is 44.6 Å². The number of ether oxygens (including phenoxy) is 1. The molecule has 0 spiro atoms. The Morgan fingerprint density at radius 3 is 2.33 bits per heavy atom. The van der Waals surface area contributed by atoms with E-state index in [1.165, 1.54) is 0 Å². The van der Waals surface area contributed by atoms with Crippen molar-refractivity contribution in [3.63, 3.8) is 0 Å². The van der Waals surface area contributed by atoms with Crippen molar-refractivity contribution < 1.29 is 19.4 Å². The van der Waals surface area contributed by atoms with E-state index in [1.54, 1.807) is 0 Å². The molecular weight excluding hydrogens is 306 g/mol. The van der Waals surface area contributed by atoms with E-state index in [9.17, 15) is 14.7 Å². The molecule has 1 aliphatic carbocycles. The summed E-state index contributed by atoms with van der Waals surface area (Å²) in [6.07, 6.45) is 4.66. The Morgan fingerprint density at radius 1 is 1.00 bits per heavy atom. The second-order valence-electron chi connectivity index (χ2n) is 6.85. The maximum absolute atomic E-state index is 12.7. The highest BCUT2D eigenvalue weighted by molar-refractivity contribution is 5.80. The Balaban J connectivity index is 1.49. The third-order valence-corrected chi connectivity index (χ3v) is 5.17. The van der Waals surface area contributed by atoms with Crippen molar-refractivity contribution in [3.05, 3.63) is 30.3 Å². The van der Waals surface area contributed by atoms with Crippen LogP contribution in [0.15, 0.2) is 30.3 Å². The number of hydrogen-bond acceptors (Lipinski definition) is 3. The van der Waals surface area contributed by atoms with E-state index in [0.717, 1.165) is 31.4 Å². The van der Waals surface area contributed by atoms with E-state index in [1.807, 2.05) is 35.2 Å². The van der Waals surface area contributed by atoms with E-state index in [-0.39, 0.29) is 23.8 Å². The lowest BCUT2D eigenvalue weighted by molar-refractivity contribution is -0.146. The molecule has 2 unspecified atom stereocenters. The van der Waals surface area contributed by atoms with Crippen LogP contribution in [0.25, 0.3) is 0 Å². The zero-order valence-corrected chi connectivity index (χ0v) is 13.9. The molecule has 1 heterocycles. The fraction of sp³-hybridized carbons (Fsp3) is 0.579. The third-order valence-electron chi connectivity index (χ3n) is 5.17. The number of carboxylic acid groups (broad SMARTS) is 1. The van der Waals surface area contributed by atoms with Crippen molar-refractivity contribution in [2.75, 3.05) is 13.1 Å². The van der Waals surface area contributed by atoms with Gasteiger partial charge >= 0.3 is 5.97 Å². The van der Waals surface area contributed by atoms with Crippen LogP contribution < -0.4 is 4.74 Å². The van der Waals surface area contributed by atoms with Crippen molar-refractivity contribution in [2.24, 2.45) is 11.8 Å². The van der Waals surface area contributed by atoms with Crippen LogP contribution in [-0.2, 0) is 9.59 Å². The van der Waals surface area contributed by atoms with Crippen LogP contribution >= 0.6 is 0 Å². The van der Waals surface area contributed by atoms with Gasteiger partial charge in [-0.25, -0.2) is 0 Å². The second-order valence-corrected chi connectivity index (χ2v) is 6.85. The number of likely N-dealkylation sites (tertiary alicyclic amines) is 1.